The van der Waals surface area contributed by atoms with Crippen LogP contribution in [0.25, 0.3) is 0 Å². The van der Waals surface area contributed by atoms with Gasteiger partial charge in [-0.1, -0.05) is 12.1 Å². The quantitative estimate of drug-likeness (QED) is 0.748. The van der Waals surface area contributed by atoms with Crippen molar-refractivity contribution in [1.29, 1.82) is 0 Å². The van der Waals surface area contributed by atoms with Crippen molar-refractivity contribution in [2.75, 3.05) is 26.8 Å². The van der Waals surface area contributed by atoms with Gasteiger partial charge in [0.1, 0.15) is 11.7 Å². The van der Waals surface area contributed by atoms with Gasteiger partial charge < -0.3 is 19.5 Å². The first kappa shape index (κ1) is 16.1. The van der Waals surface area contributed by atoms with Crippen molar-refractivity contribution in [3.8, 4) is 11.5 Å². The molecule has 1 aromatic rings. The molecule has 1 aliphatic rings. The maximum Gasteiger partial charge on any atom is 0.165 e. The third-order valence-electron chi connectivity index (χ3n) is 3.52. The molecule has 21 heavy (non-hydrogen) atoms. The van der Waals surface area contributed by atoms with Gasteiger partial charge in [0, 0.05) is 32.2 Å². The number of hydrogen-bond acceptors (Lipinski definition) is 4. The second-order valence-corrected chi connectivity index (χ2v) is 6.26. The van der Waals surface area contributed by atoms with Crippen molar-refractivity contribution in [1.82, 2.24) is 5.32 Å². The molecule has 1 unspecified atom stereocenters. The van der Waals surface area contributed by atoms with Gasteiger partial charge in [-0.05, 0) is 39.8 Å². The smallest absolute Gasteiger partial charge is 0.165 e. The highest BCUT2D eigenvalue weighted by atomic mass is 16.5. The van der Waals surface area contributed by atoms with Crippen molar-refractivity contribution in [2.24, 2.45) is 0 Å². The Morgan fingerprint density at radius 3 is 2.95 bits per heavy atom. The fraction of sp³-hybridized carbons (Fsp3) is 0.647. The topological polar surface area (TPSA) is 39.7 Å². The summed E-state index contributed by atoms with van der Waals surface area (Å²) < 4.78 is 17.1. The van der Waals surface area contributed by atoms with Gasteiger partial charge in [-0.25, -0.2) is 0 Å². The summed E-state index contributed by atoms with van der Waals surface area (Å²) >= 11 is 0. The van der Waals surface area contributed by atoms with Crippen LogP contribution in [0.4, 0.5) is 0 Å². The number of ether oxygens (including phenoxy) is 3. The lowest BCUT2D eigenvalue weighted by atomic mass is 10.0. The minimum absolute atomic E-state index is 0.103. The van der Waals surface area contributed by atoms with Crippen LogP contribution in [0.1, 0.15) is 32.8 Å². The first-order chi connectivity index (χ1) is 10.0. The normalized spacial score (nSPS) is 17.1. The molecule has 4 nitrogen and oxygen atoms in total. The first-order valence-corrected chi connectivity index (χ1v) is 7.69. The molecule has 0 saturated carbocycles. The van der Waals surface area contributed by atoms with E-state index in [4.69, 9.17) is 14.2 Å². The van der Waals surface area contributed by atoms with E-state index in [9.17, 15) is 0 Å². The fourth-order valence-corrected chi connectivity index (χ4v) is 2.59. The maximum absolute atomic E-state index is 6.04. The Morgan fingerprint density at radius 1 is 1.38 bits per heavy atom. The van der Waals surface area contributed by atoms with Gasteiger partial charge in [0.25, 0.3) is 0 Å². The molecule has 0 radical (unpaired) electrons. The lowest BCUT2D eigenvalue weighted by Gasteiger charge is -2.20. The van der Waals surface area contributed by atoms with E-state index in [1.54, 1.807) is 7.11 Å². The maximum atomic E-state index is 6.04. The minimum atomic E-state index is -0.135. The summed E-state index contributed by atoms with van der Waals surface area (Å²) in [4.78, 5) is 0. The van der Waals surface area contributed by atoms with Crippen LogP contribution in [0.2, 0.25) is 0 Å². The zero-order chi connectivity index (χ0) is 15.3. The molecule has 0 saturated heterocycles. The highest BCUT2D eigenvalue weighted by molar-refractivity contribution is 5.50. The number of nitrogens with one attached hydrogen (secondary N) is 1. The zero-order valence-electron chi connectivity index (χ0n) is 13.6. The Kier molecular flexibility index (Phi) is 5.48. The molecule has 1 aliphatic heterocycles. The molecular formula is C17H27NO3. The van der Waals surface area contributed by atoms with Crippen LogP contribution in [0.3, 0.4) is 0 Å². The zero-order valence-corrected chi connectivity index (χ0v) is 13.6. The number of hydrogen-bond donors (Lipinski definition) is 1. The number of fused-ring (bicyclic) bond motifs is 1. The Balaban J connectivity index is 1.85. The molecule has 1 aromatic carbocycles. The Labute approximate surface area is 127 Å². The summed E-state index contributed by atoms with van der Waals surface area (Å²) in [5, 5.41) is 3.38. The average molecular weight is 293 g/mol. The van der Waals surface area contributed by atoms with E-state index in [0.29, 0.717) is 0 Å². The summed E-state index contributed by atoms with van der Waals surface area (Å²) in [6, 6.07) is 6.14. The molecule has 1 N–H and O–H groups in total. The van der Waals surface area contributed by atoms with Crippen LogP contribution >= 0.6 is 0 Å². The lowest BCUT2D eigenvalue weighted by Crippen LogP contribution is -2.30. The third-order valence-corrected chi connectivity index (χ3v) is 3.52. The second kappa shape index (κ2) is 7.14. The SMILES string of the molecule is COCCCNCC(C)Oc1cccc2c1OC(C)(C)C2. The van der Waals surface area contributed by atoms with Gasteiger partial charge in [-0.2, -0.15) is 0 Å². The van der Waals surface area contributed by atoms with Crippen molar-refractivity contribution >= 4 is 0 Å². The number of para-hydroxylation sites is 1. The molecule has 2 rings (SSSR count). The van der Waals surface area contributed by atoms with Crippen LogP contribution < -0.4 is 14.8 Å². The van der Waals surface area contributed by atoms with E-state index in [2.05, 4.69) is 32.2 Å². The molecule has 0 aromatic heterocycles. The first-order valence-electron chi connectivity index (χ1n) is 7.69. The Bertz CT molecular complexity index is 459. The third kappa shape index (κ3) is 4.61. The van der Waals surface area contributed by atoms with Crippen LogP contribution in [-0.2, 0) is 11.2 Å². The average Bonchev–Trinajstić information content (AvgIpc) is 2.74. The molecule has 4 heteroatoms. The Hall–Kier alpha value is -1.26. The molecular weight excluding hydrogens is 266 g/mol. The largest absolute Gasteiger partial charge is 0.485 e. The monoisotopic (exact) mass is 293 g/mol. The number of methoxy groups -OCH3 is 1. The highest BCUT2D eigenvalue weighted by Gasteiger charge is 2.32. The van der Waals surface area contributed by atoms with E-state index in [1.807, 2.05) is 12.1 Å². The van der Waals surface area contributed by atoms with Gasteiger partial charge in [0.2, 0.25) is 0 Å². The molecule has 1 heterocycles. The molecule has 1 atom stereocenters. The fourth-order valence-electron chi connectivity index (χ4n) is 2.59. The van der Waals surface area contributed by atoms with Gasteiger partial charge >= 0.3 is 0 Å². The summed E-state index contributed by atoms with van der Waals surface area (Å²) in [5.74, 6) is 1.76. The number of benzene rings is 1. The van der Waals surface area contributed by atoms with E-state index in [0.717, 1.165) is 44.0 Å². The Morgan fingerprint density at radius 2 is 2.19 bits per heavy atom. The summed E-state index contributed by atoms with van der Waals surface area (Å²) in [5.41, 5.74) is 1.10. The summed E-state index contributed by atoms with van der Waals surface area (Å²) in [6.45, 7) is 8.84. The van der Waals surface area contributed by atoms with E-state index >= 15 is 0 Å². The van der Waals surface area contributed by atoms with Gasteiger partial charge in [-0.15, -0.1) is 0 Å². The van der Waals surface area contributed by atoms with Crippen LogP contribution in [0, 0.1) is 0 Å². The van der Waals surface area contributed by atoms with Crippen LogP contribution in [0.15, 0.2) is 18.2 Å². The molecule has 0 amide bonds. The van der Waals surface area contributed by atoms with Gasteiger partial charge in [-0.3, -0.25) is 0 Å². The van der Waals surface area contributed by atoms with Crippen molar-refractivity contribution in [3.63, 3.8) is 0 Å². The predicted molar refractivity (Wildman–Crippen MR) is 84.3 cm³/mol. The molecule has 0 bridgehead atoms. The van der Waals surface area contributed by atoms with E-state index in [1.165, 1.54) is 5.56 Å². The standard InChI is InChI=1S/C17H27NO3/c1-13(12-18-9-6-10-19-4)20-15-8-5-7-14-11-17(2,3)21-16(14)15/h5,7-8,13,18H,6,9-12H2,1-4H3. The van der Waals surface area contributed by atoms with Crippen molar-refractivity contribution < 1.29 is 14.2 Å². The van der Waals surface area contributed by atoms with Crippen molar-refractivity contribution in [2.45, 2.75) is 45.3 Å². The lowest BCUT2D eigenvalue weighted by molar-refractivity contribution is 0.126. The molecule has 0 spiro atoms. The van der Waals surface area contributed by atoms with E-state index in [-0.39, 0.29) is 11.7 Å². The van der Waals surface area contributed by atoms with Gasteiger partial charge in [0.15, 0.2) is 11.5 Å². The highest BCUT2D eigenvalue weighted by Crippen LogP contribution is 2.41. The summed E-state index contributed by atoms with van der Waals surface area (Å²) in [6.07, 6.45) is 2.05. The molecule has 118 valence electrons. The van der Waals surface area contributed by atoms with Gasteiger partial charge in [0.05, 0.1) is 0 Å². The molecule has 0 aliphatic carbocycles. The van der Waals surface area contributed by atoms with Crippen molar-refractivity contribution in [3.05, 3.63) is 23.8 Å². The summed E-state index contributed by atoms with van der Waals surface area (Å²) in [7, 11) is 1.73. The minimum Gasteiger partial charge on any atom is -0.485 e. The number of rotatable bonds is 8. The molecule has 0 fully saturated rings. The second-order valence-electron chi connectivity index (χ2n) is 6.26. The predicted octanol–water partition coefficient (Wildman–Crippen LogP) is 2.79. The van der Waals surface area contributed by atoms with Crippen LogP contribution in [-0.4, -0.2) is 38.5 Å². The van der Waals surface area contributed by atoms with E-state index < -0.39 is 0 Å². The van der Waals surface area contributed by atoms with Crippen LogP contribution in [0.5, 0.6) is 11.5 Å².